The first-order valence-electron chi connectivity index (χ1n) is 9.31. The molecule has 0 bridgehead atoms. The SMILES string of the molecule is COc1cc(NC(C)CCC(N)C2=C(C(C)=O)CCO2)c2ncccc2c1. The van der Waals surface area contributed by atoms with Gasteiger partial charge in [0.1, 0.15) is 11.5 Å². The van der Waals surface area contributed by atoms with Crippen LogP contribution in [0.2, 0.25) is 0 Å². The van der Waals surface area contributed by atoms with E-state index in [1.165, 1.54) is 0 Å². The summed E-state index contributed by atoms with van der Waals surface area (Å²) in [4.78, 5) is 16.2. The number of anilines is 1. The molecule has 2 aromatic rings. The molecule has 0 fully saturated rings. The summed E-state index contributed by atoms with van der Waals surface area (Å²) in [6.45, 7) is 4.23. The second-order valence-corrected chi connectivity index (χ2v) is 6.98. The molecule has 0 aliphatic carbocycles. The van der Waals surface area contributed by atoms with Crippen LogP contribution in [-0.4, -0.2) is 36.6 Å². The van der Waals surface area contributed by atoms with E-state index in [0.29, 0.717) is 18.8 Å². The number of ether oxygens (including phenoxy) is 2. The molecule has 0 spiro atoms. The van der Waals surface area contributed by atoms with Gasteiger partial charge in [-0.2, -0.15) is 0 Å². The van der Waals surface area contributed by atoms with Gasteiger partial charge in [0.05, 0.1) is 31.0 Å². The maximum absolute atomic E-state index is 11.7. The van der Waals surface area contributed by atoms with Crippen LogP contribution in [0.3, 0.4) is 0 Å². The highest BCUT2D eigenvalue weighted by Crippen LogP contribution is 2.29. The molecule has 1 aromatic heterocycles. The van der Waals surface area contributed by atoms with Crippen LogP contribution in [0.15, 0.2) is 41.8 Å². The van der Waals surface area contributed by atoms with Crippen molar-refractivity contribution in [1.82, 2.24) is 4.98 Å². The number of Topliss-reactive ketones (excluding diaryl/α,β-unsaturated/α-hetero) is 1. The summed E-state index contributed by atoms with van der Waals surface area (Å²) in [5.74, 6) is 1.51. The van der Waals surface area contributed by atoms with Crippen LogP contribution < -0.4 is 15.8 Å². The van der Waals surface area contributed by atoms with Crippen LogP contribution in [-0.2, 0) is 9.53 Å². The number of methoxy groups -OCH3 is 1. The van der Waals surface area contributed by atoms with Crippen LogP contribution in [0, 0.1) is 0 Å². The minimum Gasteiger partial charge on any atom is -0.497 e. The Hall–Kier alpha value is -2.60. The molecule has 1 aliphatic rings. The molecule has 1 aliphatic heterocycles. The molecule has 2 heterocycles. The summed E-state index contributed by atoms with van der Waals surface area (Å²) in [6.07, 6.45) is 4.02. The third-order valence-electron chi connectivity index (χ3n) is 4.90. The van der Waals surface area contributed by atoms with E-state index >= 15 is 0 Å². The van der Waals surface area contributed by atoms with Crippen molar-refractivity contribution in [3.8, 4) is 5.75 Å². The summed E-state index contributed by atoms with van der Waals surface area (Å²) in [6, 6.07) is 7.79. The number of ketones is 1. The van der Waals surface area contributed by atoms with Crippen molar-refractivity contribution in [2.45, 2.75) is 45.2 Å². The van der Waals surface area contributed by atoms with Gasteiger partial charge in [0.2, 0.25) is 0 Å². The molecule has 3 N–H and O–H groups in total. The zero-order chi connectivity index (χ0) is 19.4. The number of pyridine rings is 1. The number of nitrogens with two attached hydrogens (primary N) is 1. The lowest BCUT2D eigenvalue weighted by Crippen LogP contribution is -2.27. The number of nitrogens with one attached hydrogen (secondary N) is 1. The van der Waals surface area contributed by atoms with Gasteiger partial charge in [-0.3, -0.25) is 9.78 Å². The maximum Gasteiger partial charge on any atom is 0.159 e. The molecule has 27 heavy (non-hydrogen) atoms. The summed E-state index contributed by atoms with van der Waals surface area (Å²) >= 11 is 0. The fourth-order valence-electron chi connectivity index (χ4n) is 3.44. The van der Waals surface area contributed by atoms with E-state index in [2.05, 4.69) is 17.2 Å². The van der Waals surface area contributed by atoms with Crippen LogP contribution >= 0.6 is 0 Å². The average molecular weight is 369 g/mol. The molecule has 1 aromatic carbocycles. The number of benzene rings is 1. The number of aromatic nitrogens is 1. The van der Waals surface area contributed by atoms with E-state index < -0.39 is 0 Å². The number of fused-ring (bicyclic) bond motifs is 1. The Morgan fingerprint density at radius 3 is 2.96 bits per heavy atom. The van der Waals surface area contributed by atoms with Crippen LogP contribution in [0.1, 0.15) is 33.1 Å². The van der Waals surface area contributed by atoms with Crippen molar-refractivity contribution >= 4 is 22.4 Å². The number of hydrogen-bond donors (Lipinski definition) is 2. The number of carbonyl (C=O) groups excluding carboxylic acids is 1. The molecule has 0 radical (unpaired) electrons. The highest BCUT2D eigenvalue weighted by Gasteiger charge is 2.25. The van der Waals surface area contributed by atoms with Crippen molar-refractivity contribution in [3.63, 3.8) is 0 Å². The van der Waals surface area contributed by atoms with Gasteiger partial charge < -0.3 is 20.5 Å². The van der Waals surface area contributed by atoms with Gasteiger partial charge in [-0.25, -0.2) is 0 Å². The average Bonchev–Trinajstić information content (AvgIpc) is 3.16. The van der Waals surface area contributed by atoms with Gasteiger partial charge >= 0.3 is 0 Å². The number of nitrogens with zero attached hydrogens (tertiary/aromatic N) is 1. The number of hydrogen-bond acceptors (Lipinski definition) is 6. The summed E-state index contributed by atoms with van der Waals surface area (Å²) in [5, 5.41) is 4.54. The van der Waals surface area contributed by atoms with Crippen molar-refractivity contribution in [2.75, 3.05) is 19.0 Å². The molecule has 0 saturated carbocycles. The summed E-state index contributed by atoms with van der Waals surface area (Å²) < 4.78 is 11.0. The normalized spacial score (nSPS) is 16.1. The smallest absolute Gasteiger partial charge is 0.159 e. The fourth-order valence-corrected chi connectivity index (χ4v) is 3.44. The third kappa shape index (κ3) is 4.39. The molecule has 144 valence electrons. The lowest BCUT2D eigenvalue weighted by Gasteiger charge is -2.20. The first-order chi connectivity index (χ1) is 13.0. The highest BCUT2D eigenvalue weighted by molar-refractivity contribution is 5.94. The standard InChI is InChI=1S/C21H27N3O3/c1-13(6-7-18(22)21-17(14(2)25)8-10-27-21)24-19-12-16(26-3)11-15-5-4-9-23-20(15)19/h4-5,9,11-13,18,24H,6-8,10,22H2,1-3H3. The van der Waals surface area contributed by atoms with E-state index in [9.17, 15) is 4.79 Å². The van der Waals surface area contributed by atoms with Crippen LogP contribution in [0.5, 0.6) is 5.75 Å². The second-order valence-electron chi connectivity index (χ2n) is 6.98. The van der Waals surface area contributed by atoms with Gasteiger partial charge in [-0.1, -0.05) is 6.07 Å². The topological polar surface area (TPSA) is 86.5 Å². The third-order valence-corrected chi connectivity index (χ3v) is 4.90. The Bertz CT molecular complexity index is 863. The first-order valence-corrected chi connectivity index (χ1v) is 9.31. The van der Waals surface area contributed by atoms with Crippen LogP contribution in [0.4, 0.5) is 5.69 Å². The Morgan fingerprint density at radius 2 is 2.22 bits per heavy atom. The van der Waals surface area contributed by atoms with Crippen molar-refractivity contribution in [2.24, 2.45) is 5.73 Å². The van der Waals surface area contributed by atoms with Crippen molar-refractivity contribution in [1.29, 1.82) is 0 Å². The largest absolute Gasteiger partial charge is 0.497 e. The Labute approximate surface area is 159 Å². The minimum absolute atomic E-state index is 0.0537. The Balaban J connectivity index is 1.68. The molecule has 0 amide bonds. The Kier molecular flexibility index (Phi) is 5.96. The van der Waals surface area contributed by atoms with Gasteiger partial charge in [0.15, 0.2) is 5.78 Å². The fraction of sp³-hybridized carbons (Fsp3) is 0.429. The zero-order valence-electron chi connectivity index (χ0n) is 16.1. The summed E-state index contributed by atoms with van der Waals surface area (Å²) in [7, 11) is 1.66. The minimum atomic E-state index is -0.254. The lowest BCUT2D eigenvalue weighted by atomic mass is 10.0. The molecule has 0 saturated heterocycles. The number of carbonyl (C=O) groups is 1. The highest BCUT2D eigenvalue weighted by atomic mass is 16.5. The Morgan fingerprint density at radius 1 is 1.41 bits per heavy atom. The first kappa shape index (κ1) is 19.2. The van der Waals surface area contributed by atoms with E-state index in [1.54, 1.807) is 20.2 Å². The second kappa shape index (κ2) is 8.39. The molecular weight excluding hydrogens is 342 g/mol. The van der Waals surface area contributed by atoms with Gasteiger partial charge in [-0.15, -0.1) is 0 Å². The van der Waals surface area contributed by atoms with Crippen molar-refractivity contribution in [3.05, 3.63) is 41.8 Å². The zero-order valence-corrected chi connectivity index (χ0v) is 16.1. The molecule has 3 rings (SSSR count). The van der Waals surface area contributed by atoms with E-state index in [1.807, 2.05) is 24.3 Å². The van der Waals surface area contributed by atoms with Crippen molar-refractivity contribution < 1.29 is 14.3 Å². The molecule has 2 atom stereocenters. The van der Waals surface area contributed by atoms with E-state index in [4.69, 9.17) is 15.2 Å². The summed E-state index contributed by atoms with van der Waals surface area (Å²) in [5.41, 5.74) is 8.88. The molecule has 6 nitrogen and oxygen atoms in total. The molecule has 2 unspecified atom stereocenters. The predicted molar refractivity (Wildman–Crippen MR) is 107 cm³/mol. The molecular formula is C21H27N3O3. The lowest BCUT2D eigenvalue weighted by molar-refractivity contribution is -0.113. The van der Waals surface area contributed by atoms with E-state index in [0.717, 1.165) is 40.8 Å². The van der Waals surface area contributed by atoms with Gasteiger partial charge in [-0.05, 0) is 38.8 Å². The predicted octanol–water partition coefficient (Wildman–Crippen LogP) is 3.41. The van der Waals surface area contributed by atoms with E-state index in [-0.39, 0.29) is 17.9 Å². The number of rotatable bonds is 8. The van der Waals surface area contributed by atoms with Gasteiger partial charge in [0.25, 0.3) is 0 Å². The van der Waals surface area contributed by atoms with Gasteiger partial charge in [0, 0.05) is 35.7 Å². The maximum atomic E-state index is 11.7. The van der Waals surface area contributed by atoms with Crippen LogP contribution in [0.25, 0.3) is 10.9 Å². The monoisotopic (exact) mass is 369 g/mol. The quantitative estimate of drug-likeness (QED) is 0.741. The molecule has 6 heteroatoms.